The number of para-hydroxylation sites is 2. The van der Waals surface area contributed by atoms with Crippen molar-refractivity contribution in [3.05, 3.63) is 54.4 Å². The van der Waals surface area contributed by atoms with E-state index in [9.17, 15) is 4.79 Å². The molecule has 0 radical (unpaired) electrons. The Balaban J connectivity index is 1.40. The number of methoxy groups -OCH3 is 1. The van der Waals surface area contributed by atoms with E-state index in [4.69, 9.17) is 14.5 Å². The summed E-state index contributed by atoms with van der Waals surface area (Å²) in [6.07, 6.45) is 2.46. The number of likely N-dealkylation sites (N-methyl/N-ethyl adjacent to an activating group) is 1. The van der Waals surface area contributed by atoms with Crippen molar-refractivity contribution in [2.45, 2.75) is 31.7 Å². The van der Waals surface area contributed by atoms with Crippen molar-refractivity contribution in [1.29, 1.82) is 0 Å². The van der Waals surface area contributed by atoms with E-state index in [-0.39, 0.29) is 11.8 Å². The first-order chi connectivity index (χ1) is 14.2. The Bertz CT molecular complexity index is 998. The molecule has 152 valence electrons. The van der Waals surface area contributed by atoms with Crippen LogP contribution in [0.2, 0.25) is 0 Å². The van der Waals surface area contributed by atoms with Gasteiger partial charge in [0.15, 0.2) is 0 Å². The van der Waals surface area contributed by atoms with Crippen LogP contribution in [0, 0.1) is 0 Å². The number of likely N-dealkylation sites (tertiary alicyclic amines) is 1. The number of imidazole rings is 1. The predicted molar refractivity (Wildman–Crippen MR) is 112 cm³/mol. The molecule has 0 aliphatic carbocycles. The minimum Gasteiger partial charge on any atom is -0.497 e. The summed E-state index contributed by atoms with van der Waals surface area (Å²) in [7, 11) is 3.52. The molecule has 1 fully saturated rings. The molecule has 29 heavy (non-hydrogen) atoms. The Morgan fingerprint density at radius 2 is 1.93 bits per heavy atom. The van der Waals surface area contributed by atoms with Gasteiger partial charge in [-0.1, -0.05) is 18.2 Å². The van der Waals surface area contributed by atoms with Gasteiger partial charge >= 0.3 is 0 Å². The Labute approximate surface area is 171 Å². The number of amides is 1. The van der Waals surface area contributed by atoms with Crippen LogP contribution in [0.15, 0.2) is 48.5 Å². The van der Waals surface area contributed by atoms with E-state index >= 15 is 0 Å². The largest absolute Gasteiger partial charge is 0.497 e. The fraction of sp³-hybridized carbons (Fsp3) is 0.391. The van der Waals surface area contributed by atoms with Gasteiger partial charge in [0.2, 0.25) is 5.91 Å². The van der Waals surface area contributed by atoms with Crippen molar-refractivity contribution in [2.24, 2.45) is 0 Å². The molecular formula is C23H27N3O3. The third kappa shape index (κ3) is 4.21. The van der Waals surface area contributed by atoms with Crippen LogP contribution in [0.1, 0.15) is 31.0 Å². The van der Waals surface area contributed by atoms with Crippen LogP contribution in [-0.4, -0.2) is 47.7 Å². The summed E-state index contributed by atoms with van der Waals surface area (Å²) in [4.78, 5) is 18.7. The fourth-order valence-corrected chi connectivity index (χ4v) is 3.93. The Morgan fingerprint density at radius 3 is 2.72 bits per heavy atom. The molecule has 0 spiro atoms. The summed E-state index contributed by atoms with van der Waals surface area (Å²) in [5.74, 6) is 3.00. The number of ether oxygens (including phenoxy) is 2. The summed E-state index contributed by atoms with van der Waals surface area (Å²) in [5.41, 5.74) is 2.13. The number of carbonyl (C=O) groups excluding carboxylic acids is 1. The Kier molecular flexibility index (Phi) is 5.69. The van der Waals surface area contributed by atoms with Crippen molar-refractivity contribution in [3.63, 3.8) is 0 Å². The van der Waals surface area contributed by atoms with E-state index in [2.05, 4.69) is 10.6 Å². The van der Waals surface area contributed by atoms with E-state index in [0.29, 0.717) is 13.0 Å². The van der Waals surface area contributed by atoms with Crippen molar-refractivity contribution in [2.75, 3.05) is 27.3 Å². The van der Waals surface area contributed by atoms with Gasteiger partial charge in [-0.25, -0.2) is 4.98 Å². The summed E-state index contributed by atoms with van der Waals surface area (Å²) >= 11 is 0. The molecule has 6 nitrogen and oxygen atoms in total. The number of carbonyl (C=O) groups is 1. The first kappa shape index (κ1) is 19.3. The molecule has 1 amide bonds. The molecule has 6 heteroatoms. The molecule has 0 bridgehead atoms. The lowest BCUT2D eigenvalue weighted by molar-refractivity contribution is -0.126. The molecule has 1 aliphatic rings. The highest BCUT2D eigenvalue weighted by atomic mass is 16.5. The lowest BCUT2D eigenvalue weighted by atomic mass is 10.1. The monoisotopic (exact) mass is 393 g/mol. The lowest BCUT2D eigenvalue weighted by Gasteiger charge is -2.14. The number of aryl methyl sites for hydroxylation is 1. The van der Waals surface area contributed by atoms with Gasteiger partial charge in [-0.05, 0) is 37.1 Å². The summed E-state index contributed by atoms with van der Waals surface area (Å²) in [6, 6.07) is 15.9. The number of hydrogen-bond acceptors (Lipinski definition) is 4. The zero-order valence-electron chi connectivity index (χ0n) is 17.0. The maximum absolute atomic E-state index is 12.0. The molecule has 1 saturated heterocycles. The van der Waals surface area contributed by atoms with E-state index in [1.165, 1.54) is 0 Å². The average molecular weight is 393 g/mol. The third-order valence-corrected chi connectivity index (χ3v) is 5.48. The van der Waals surface area contributed by atoms with Gasteiger partial charge in [-0.2, -0.15) is 0 Å². The number of unbranched alkanes of at least 4 members (excludes halogenated alkanes) is 1. The molecule has 1 aliphatic heterocycles. The number of nitrogens with zero attached hydrogens (tertiary/aromatic N) is 3. The van der Waals surface area contributed by atoms with Gasteiger partial charge in [0.25, 0.3) is 0 Å². The number of fused-ring (bicyclic) bond motifs is 1. The van der Waals surface area contributed by atoms with Gasteiger partial charge in [-0.3, -0.25) is 4.79 Å². The normalized spacial score (nSPS) is 16.6. The topological polar surface area (TPSA) is 56.6 Å². The Hall–Kier alpha value is -3.02. The second-order valence-electron chi connectivity index (χ2n) is 7.52. The second kappa shape index (κ2) is 8.55. The second-order valence-corrected chi connectivity index (χ2v) is 7.52. The number of benzene rings is 2. The van der Waals surface area contributed by atoms with Crippen LogP contribution >= 0.6 is 0 Å². The SMILES string of the molecule is COc1cccc(OCCCCn2c(C3CC(=O)N(C)C3)nc3ccccc32)c1. The van der Waals surface area contributed by atoms with Crippen LogP contribution < -0.4 is 9.47 Å². The van der Waals surface area contributed by atoms with Gasteiger partial charge < -0.3 is 18.9 Å². The number of aromatic nitrogens is 2. The zero-order valence-corrected chi connectivity index (χ0v) is 17.0. The van der Waals surface area contributed by atoms with Gasteiger partial charge in [0.05, 0.1) is 24.8 Å². The van der Waals surface area contributed by atoms with E-state index in [1.807, 2.05) is 49.5 Å². The quantitative estimate of drug-likeness (QED) is 0.546. The third-order valence-electron chi connectivity index (χ3n) is 5.48. The van der Waals surface area contributed by atoms with Crippen molar-refractivity contribution in [1.82, 2.24) is 14.5 Å². The first-order valence-corrected chi connectivity index (χ1v) is 10.1. The predicted octanol–water partition coefficient (Wildman–Crippen LogP) is 3.85. The minimum atomic E-state index is 0.160. The minimum absolute atomic E-state index is 0.160. The fourth-order valence-electron chi connectivity index (χ4n) is 3.93. The summed E-state index contributed by atoms with van der Waals surface area (Å²) < 4.78 is 13.4. The lowest BCUT2D eigenvalue weighted by Crippen LogP contribution is -2.19. The highest BCUT2D eigenvalue weighted by Gasteiger charge is 2.31. The molecule has 1 unspecified atom stereocenters. The number of hydrogen-bond donors (Lipinski definition) is 0. The van der Waals surface area contributed by atoms with Crippen LogP contribution in [0.4, 0.5) is 0 Å². The maximum Gasteiger partial charge on any atom is 0.223 e. The molecule has 2 heterocycles. The average Bonchev–Trinajstić information content (AvgIpc) is 3.28. The van der Waals surface area contributed by atoms with Gasteiger partial charge in [0.1, 0.15) is 17.3 Å². The maximum atomic E-state index is 12.0. The highest BCUT2D eigenvalue weighted by Crippen LogP contribution is 2.30. The summed E-state index contributed by atoms with van der Waals surface area (Å²) in [5, 5.41) is 0. The van der Waals surface area contributed by atoms with Crippen LogP contribution in [0.3, 0.4) is 0 Å². The Morgan fingerprint density at radius 1 is 1.10 bits per heavy atom. The zero-order chi connectivity index (χ0) is 20.2. The van der Waals surface area contributed by atoms with E-state index in [0.717, 1.165) is 54.3 Å². The van der Waals surface area contributed by atoms with Gasteiger partial charge in [0, 0.05) is 38.5 Å². The highest BCUT2D eigenvalue weighted by molar-refractivity contribution is 5.80. The standard InChI is InChI=1S/C23H27N3O3/c1-25-16-17(14-22(25)27)23-24-20-10-3-4-11-21(20)26(23)12-5-6-13-29-19-9-7-8-18(15-19)28-2/h3-4,7-11,15,17H,5-6,12-14,16H2,1-2H3. The molecule has 1 aromatic heterocycles. The molecule has 0 N–H and O–H groups in total. The van der Waals surface area contributed by atoms with E-state index in [1.54, 1.807) is 12.0 Å². The van der Waals surface area contributed by atoms with Crippen LogP contribution in [0.25, 0.3) is 11.0 Å². The molecular weight excluding hydrogens is 366 g/mol. The van der Waals surface area contributed by atoms with Crippen molar-refractivity contribution >= 4 is 16.9 Å². The van der Waals surface area contributed by atoms with E-state index < -0.39 is 0 Å². The summed E-state index contributed by atoms with van der Waals surface area (Å²) in [6.45, 7) is 2.26. The van der Waals surface area contributed by atoms with Crippen LogP contribution in [-0.2, 0) is 11.3 Å². The van der Waals surface area contributed by atoms with Gasteiger partial charge in [-0.15, -0.1) is 0 Å². The molecule has 3 aromatic rings. The molecule has 4 rings (SSSR count). The molecule has 0 saturated carbocycles. The molecule has 2 aromatic carbocycles. The van der Waals surface area contributed by atoms with Crippen molar-refractivity contribution in [3.8, 4) is 11.5 Å². The van der Waals surface area contributed by atoms with Crippen molar-refractivity contribution < 1.29 is 14.3 Å². The number of rotatable bonds is 8. The first-order valence-electron chi connectivity index (χ1n) is 10.1. The smallest absolute Gasteiger partial charge is 0.223 e. The van der Waals surface area contributed by atoms with Crippen LogP contribution in [0.5, 0.6) is 11.5 Å². The molecule has 1 atom stereocenters.